The summed E-state index contributed by atoms with van der Waals surface area (Å²) in [6.45, 7) is 6.34. The van der Waals surface area contributed by atoms with Crippen LogP contribution in [0.3, 0.4) is 0 Å². The maximum atomic E-state index is 14.1. The van der Waals surface area contributed by atoms with Crippen LogP contribution in [0.4, 0.5) is 0 Å². The number of esters is 6. The molecule has 0 N–H and O–H groups in total. The van der Waals surface area contributed by atoms with Crippen molar-refractivity contribution in [3.63, 3.8) is 0 Å². The lowest BCUT2D eigenvalue weighted by Crippen LogP contribution is -2.19. The van der Waals surface area contributed by atoms with E-state index in [1.807, 2.05) is 0 Å². The molecule has 206 valence electrons. The summed E-state index contributed by atoms with van der Waals surface area (Å²) in [5, 5.41) is 0. The Bertz CT molecular complexity index is 1360. The van der Waals surface area contributed by atoms with Gasteiger partial charge in [0.1, 0.15) is 0 Å². The van der Waals surface area contributed by atoms with Crippen LogP contribution in [-0.4, -0.2) is 40.0 Å². The molecule has 0 fully saturated rings. The molecule has 0 radical (unpaired) electrons. The van der Waals surface area contributed by atoms with Crippen molar-refractivity contribution in [3.8, 4) is 34.5 Å². The average Bonchev–Trinajstić information content (AvgIpc) is 2.76. The zero-order chi connectivity index (χ0) is 29.2. The van der Waals surface area contributed by atoms with Crippen LogP contribution in [0.25, 0.3) is 0 Å². The molecule has 0 unspecified atom stereocenters. The predicted octanol–water partition coefficient (Wildman–Crippen LogP) is 2.31. The number of hydrogen-bond acceptors (Lipinski definition) is 13. The van der Waals surface area contributed by atoms with E-state index in [0.29, 0.717) is 0 Å². The first-order chi connectivity index (χ1) is 18.2. The standard InChI is InChI=1S/C25H22O13S/c1-10(26)33-18-8-16-7-17-9-19(34-11(2)27)21(36-13(4)29)23(38-15(6)31)25(17)39(32)24(16)22(37-14(5)30)20(18)35-12(3)28/h8-9H,7H2,1-6H3. The molecule has 39 heavy (non-hydrogen) atoms. The summed E-state index contributed by atoms with van der Waals surface area (Å²) in [6.07, 6.45) is -0.123. The van der Waals surface area contributed by atoms with Crippen LogP contribution in [0.5, 0.6) is 34.5 Å². The van der Waals surface area contributed by atoms with Gasteiger partial charge in [0.05, 0.1) is 20.6 Å². The second-order valence-electron chi connectivity index (χ2n) is 8.05. The van der Waals surface area contributed by atoms with Crippen LogP contribution in [-0.2, 0) is 46.0 Å². The van der Waals surface area contributed by atoms with Gasteiger partial charge in [0, 0.05) is 48.0 Å². The topological polar surface area (TPSA) is 175 Å². The van der Waals surface area contributed by atoms with Gasteiger partial charge >= 0.3 is 35.8 Å². The molecule has 14 heteroatoms. The largest absolute Gasteiger partial charge is 0.423 e. The van der Waals surface area contributed by atoms with E-state index in [0.717, 1.165) is 41.5 Å². The van der Waals surface area contributed by atoms with Gasteiger partial charge in [0.15, 0.2) is 23.0 Å². The molecule has 0 saturated heterocycles. The quantitative estimate of drug-likeness (QED) is 0.316. The highest BCUT2D eigenvalue weighted by molar-refractivity contribution is 7.85. The molecule has 0 aliphatic carbocycles. The normalized spacial score (nSPS) is 11.8. The maximum Gasteiger partial charge on any atom is 0.308 e. The summed E-state index contributed by atoms with van der Waals surface area (Å²) in [7, 11) is -2.36. The predicted molar refractivity (Wildman–Crippen MR) is 128 cm³/mol. The van der Waals surface area contributed by atoms with Gasteiger partial charge in [-0.3, -0.25) is 28.8 Å². The molecule has 0 saturated carbocycles. The Morgan fingerprint density at radius 2 is 0.795 bits per heavy atom. The van der Waals surface area contributed by atoms with E-state index < -0.39 is 69.6 Å². The van der Waals surface area contributed by atoms with Gasteiger partial charge in [-0.1, -0.05) is 0 Å². The highest BCUT2D eigenvalue weighted by Gasteiger charge is 2.38. The van der Waals surface area contributed by atoms with Crippen molar-refractivity contribution in [1.82, 2.24) is 0 Å². The van der Waals surface area contributed by atoms with E-state index >= 15 is 0 Å². The Labute approximate surface area is 223 Å². The van der Waals surface area contributed by atoms with Crippen LogP contribution in [0.1, 0.15) is 52.7 Å². The minimum atomic E-state index is -2.36. The lowest BCUT2D eigenvalue weighted by molar-refractivity contribution is -0.135. The summed E-state index contributed by atoms with van der Waals surface area (Å²) in [6, 6.07) is 2.53. The Morgan fingerprint density at radius 1 is 0.513 bits per heavy atom. The molecule has 0 aromatic heterocycles. The first-order valence-electron chi connectivity index (χ1n) is 11.1. The van der Waals surface area contributed by atoms with Gasteiger partial charge in [-0.15, -0.1) is 0 Å². The number of carbonyl (C=O) groups excluding carboxylic acids is 6. The van der Waals surface area contributed by atoms with Crippen molar-refractivity contribution in [2.75, 3.05) is 0 Å². The molecule has 0 amide bonds. The average molecular weight is 563 g/mol. The maximum absolute atomic E-state index is 14.1. The minimum absolute atomic E-state index is 0.123. The molecule has 1 aliphatic heterocycles. The van der Waals surface area contributed by atoms with Crippen molar-refractivity contribution in [2.45, 2.75) is 57.8 Å². The molecule has 0 bridgehead atoms. The van der Waals surface area contributed by atoms with E-state index in [4.69, 9.17) is 28.4 Å². The van der Waals surface area contributed by atoms with Gasteiger partial charge in [-0.2, -0.15) is 0 Å². The fourth-order valence-corrected chi connectivity index (χ4v) is 5.24. The Hall–Kier alpha value is -4.59. The molecular formula is C25H22O13S. The fraction of sp³-hybridized carbons (Fsp3) is 0.280. The van der Waals surface area contributed by atoms with E-state index in [2.05, 4.69) is 0 Å². The summed E-state index contributed by atoms with van der Waals surface area (Å²) in [5.74, 6) is -7.67. The minimum Gasteiger partial charge on any atom is -0.423 e. The van der Waals surface area contributed by atoms with Gasteiger partial charge in [-0.05, 0) is 23.3 Å². The number of rotatable bonds is 6. The molecule has 2 aromatic rings. The van der Waals surface area contributed by atoms with Crippen LogP contribution in [0.15, 0.2) is 21.9 Å². The zero-order valence-corrected chi connectivity index (χ0v) is 22.4. The second kappa shape index (κ2) is 11.4. The highest BCUT2D eigenvalue weighted by Crippen LogP contribution is 2.53. The van der Waals surface area contributed by atoms with Crippen molar-refractivity contribution in [3.05, 3.63) is 23.3 Å². The lowest BCUT2D eigenvalue weighted by atomic mass is 10.0. The van der Waals surface area contributed by atoms with E-state index in [1.165, 1.54) is 12.1 Å². The van der Waals surface area contributed by atoms with E-state index in [-0.39, 0.29) is 38.8 Å². The molecule has 1 aliphatic rings. The van der Waals surface area contributed by atoms with Gasteiger partial charge in [0.2, 0.25) is 11.5 Å². The van der Waals surface area contributed by atoms with Gasteiger partial charge in [0.25, 0.3) is 0 Å². The number of benzene rings is 2. The monoisotopic (exact) mass is 562 g/mol. The molecular weight excluding hydrogens is 540 g/mol. The third-order valence-electron chi connectivity index (χ3n) is 4.71. The lowest BCUT2D eigenvalue weighted by Gasteiger charge is -2.26. The number of carbonyl (C=O) groups is 6. The second-order valence-corrected chi connectivity index (χ2v) is 9.40. The number of fused-ring (bicyclic) bond motifs is 2. The summed E-state index contributed by atoms with van der Waals surface area (Å²) in [4.78, 5) is 70.9. The smallest absolute Gasteiger partial charge is 0.308 e. The first kappa shape index (κ1) is 29.0. The highest BCUT2D eigenvalue weighted by atomic mass is 32.2. The van der Waals surface area contributed by atoms with Crippen LogP contribution >= 0.6 is 0 Å². The Kier molecular flexibility index (Phi) is 8.49. The van der Waals surface area contributed by atoms with Crippen LogP contribution in [0, 0.1) is 0 Å². The first-order valence-corrected chi connectivity index (χ1v) is 12.3. The molecule has 2 aromatic carbocycles. The number of ether oxygens (including phenoxy) is 6. The SMILES string of the molecule is CC(=O)Oc1cc2c(c(OC(C)=O)c1OC(C)=O)S(=O)c1c(cc(OC(C)=O)c(OC(C)=O)c1OC(C)=O)C2. The molecule has 13 nitrogen and oxygen atoms in total. The summed E-state index contributed by atoms with van der Waals surface area (Å²) in [5.41, 5.74) is 0.402. The summed E-state index contributed by atoms with van der Waals surface area (Å²) >= 11 is 0. The van der Waals surface area contributed by atoms with Crippen molar-refractivity contribution >= 4 is 46.6 Å². The fourth-order valence-electron chi connectivity index (χ4n) is 3.69. The van der Waals surface area contributed by atoms with Crippen molar-refractivity contribution in [1.29, 1.82) is 0 Å². The van der Waals surface area contributed by atoms with Crippen LogP contribution in [0.2, 0.25) is 0 Å². The molecule has 3 rings (SSSR count). The molecule has 0 spiro atoms. The third kappa shape index (κ3) is 6.46. The third-order valence-corrected chi connectivity index (χ3v) is 6.35. The van der Waals surface area contributed by atoms with E-state index in [9.17, 15) is 33.0 Å². The van der Waals surface area contributed by atoms with Crippen molar-refractivity contribution < 1.29 is 61.4 Å². The van der Waals surface area contributed by atoms with Crippen LogP contribution < -0.4 is 28.4 Å². The van der Waals surface area contributed by atoms with Gasteiger partial charge in [-0.25, -0.2) is 4.21 Å². The molecule has 1 heterocycles. The Balaban J connectivity index is 2.43. The van der Waals surface area contributed by atoms with Gasteiger partial charge < -0.3 is 28.4 Å². The molecule has 0 atom stereocenters. The Morgan fingerprint density at radius 3 is 1.08 bits per heavy atom. The van der Waals surface area contributed by atoms with Crippen molar-refractivity contribution in [2.24, 2.45) is 0 Å². The zero-order valence-electron chi connectivity index (χ0n) is 21.6. The van der Waals surface area contributed by atoms with E-state index in [1.54, 1.807) is 0 Å². The summed E-state index contributed by atoms with van der Waals surface area (Å²) < 4.78 is 45.3. The number of hydrogen-bond donors (Lipinski definition) is 0.